The number of aryl methyl sites for hydroxylation is 1. The lowest BCUT2D eigenvalue weighted by Crippen LogP contribution is -1.90. The van der Waals surface area contributed by atoms with Crippen molar-refractivity contribution in [2.75, 3.05) is 5.73 Å². The van der Waals surface area contributed by atoms with Gasteiger partial charge in [0.1, 0.15) is 5.69 Å². The number of hydrogen-bond acceptors (Lipinski definition) is 6. The van der Waals surface area contributed by atoms with Gasteiger partial charge in [-0.25, -0.2) is 4.98 Å². The van der Waals surface area contributed by atoms with E-state index in [9.17, 15) is 0 Å². The van der Waals surface area contributed by atoms with Crippen LogP contribution >= 0.6 is 11.3 Å². The fourth-order valence-electron chi connectivity index (χ4n) is 1.51. The average molecular weight is 247 g/mol. The van der Waals surface area contributed by atoms with E-state index in [4.69, 9.17) is 10.3 Å². The first-order valence-corrected chi connectivity index (χ1v) is 5.77. The maximum atomic E-state index is 5.80. The van der Waals surface area contributed by atoms with E-state index in [-0.39, 0.29) is 0 Å². The molecule has 0 unspecified atom stereocenters. The molecule has 0 aromatic carbocycles. The summed E-state index contributed by atoms with van der Waals surface area (Å²) in [5.41, 5.74) is 7.38. The number of rotatable bonds is 2. The van der Waals surface area contributed by atoms with E-state index in [1.54, 1.807) is 12.5 Å². The van der Waals surface area contributed by atoms with Crippen molar-refractivity contribution < 1.29 is 4.52 Å². The van der Waals surface area contributed by atoms with Crippen molar-refractivity contribution in [2.24, 2.45) is 7.05 Å². The molecular weight excluding hydrogens is 238 g/mol. The van der Waals surface area contributed by atoms with E-state index in [1.807, 2.05) is 23.1 Å². The summed E-state index contributed by atoms with van der Waals surface area (Å²) in [7, 11) is 1.87. The summed E-state index contributed by atoms with van der Waals surface area (Å²) in [5.74, 6) is 0.936. The van der Waals surface area contributed by atoms with Crippen LogP contribution in [0.25, 0.3) is 23.0 Å². The van der Waals surface area contributed by atoms with Crippen molar-refractivity contribution in [1.29, 1.82) is 0 Å². The van der Waals surface area contributed by atoms with Crippen LogP contribution in [0.1, 0.15) is 0 Å². The number of nitrogen functional groups attached to an aromatic ring is 1. The normalized spacial score (nSPS) is 10.9. The van der Waals surface area contributed by atoms with Crippen molar-refractivity contribution in [3.63, 3.8) is 0 Å². The third kappa shape index (κ3) is 1.60. The Bertz CT molecular complexity index is 598. The SMILES string of the molecule is Cn1cncc1-c1noc(-c2ccsc2N)n1. The van der Waals surface area contributed by atoms with Crippen molar-refractivity contribution in [3.05, 3.63) is 24.0 Å². The summed E-state index contributed by atoms with van der Waals surface area (Å²) < 4.78 is 7.02. The number of nitrogens with two attached hydrogens (primary N) is 1. The van der Waals surface area contributed by atoms with Gasteiger partial charge in [0.05, 0.1) is 23.1 Å². The van der Waals surface area contributed by atoms with E-state index in [0.29, 0.717) is 16.7 Å². The smallest absolute Gasteiger partial charge is 0.261 e. The number of nitrogens with zero attached hydrogens (tertiary/aromatic N) is 4. The highest BCUT2D eigenvalue weighted by Gasteiger charge is 2.15. The molecule has 3 aromatic rings. The lowest BCUT2D eigenvalue weighted by atomic mass is 10.3. The van der Waals surface area contributed by atoms with Crippen molar-refractivity contribution in [2.45, 2.75) is 0 Å². The number of imidazole rings is 1. The topological polar surface area (TPSA) is 82.8 Å². The van der Waals surface area contributed by atoms with Gasteiger partial charge in [0, 0.05) is 7.05 Å². The van der Waals surface area contributed by atoms with E-state index in [2.05, 4.69) is 15.1 Å². The molecule has 0 bridgehead atoms. The molecule has 3 rings (SSSR count). The number of thiophene rings is 1. The quantitative estimate of drug-likeness (QED) is 0.746. The molecule has 0 aliphatic carbocycles. The lowest BCUT2D eigenvalue weighted by molar-refractivity contribution is 0.432. The summed E-state index contributed by atoms with van der Waals surface area (Å²) in [6.45, 7) is 0. The number of aromatic nitrogens is 4. The fraction of sp³-hybridized carbons (Fsp3) is 0.100. The Labute approximate surface area is 101 Å². The standard InChI is InChI=1S/C10H9N5OS/c1-15-5-12-4-7(15)9-13-10(16-14-9)6-2-3-17-8(6)11/h2-5H,11H2,1H3. The zero-order chi connectivity index (χ0) is 11.8. The van der Waals surface area contributed by atoms with Crippen LogP contribution in [0.2, 0.25) is 0 Å². The predicted octanol–water partition coefficient (Wildman–Crippen LogP) is 1.78. The molecule has 86 valence electrons. The molecule has 0 fully saturated rings. The predicted molar refractivity (Wildman–Crippen MR) is 64.2 cm³/mol. The molecule has 17 heavy (non-hydrogen) atoms. The molecule has 0 radical (unpaired) electrons. The molecule has 2 N–H and O–H groups in total. The summed E-state index contributed by atoms with van der Waals surface area (Å²) in [6, 6.07) is 1.86. The van der Waals surface area contributed by atoms with Crippen LogP contribution in [0.5, 0.6) is 0 Å². The van der Waals surface area contributed by atoms with E-state index in [1.165, 1.54) is 11.3 Å². The van der Waals surface area contributed by atoms with Gasteiger partial charge in [-0.15, -0.1) is 11.3 Å². The van der Waals surface area contributed by atoms with E-state index < -0.39 is 0 Å². The zero-order valence-corrected chi connectivity index (χ0v) is 9.81. The van der Waals surface area contributed by atoms with Gasteiger partial charge in [0.25, 0.3) is 5.89 Å². The van der Waals surface area contributed by atoms with Crippen LogP contribution in [-0.2, 0) is 7.05 Å². The van der Waals surface area contributed by atoms with Gasteiger partial charge in [0.2, 0.25) is 5.82 Å². The molecule has 0 saturated heterocycles. The Balaban J connectivity index is 2.05. The molecular formula is C10H9N5OS. The van der Waals surface area contributed by atoms with E-state index >= 15 is 0 Å². The minimum absolute atomic E-state index is 0.431. The van der Waals surface area contributed by atoms with Gasteiger partial charge in [0.15, 0.2) is 0 Å². The summed E-state index contributed by atoms with van der Waals surface area (Å²) in [5, 5.41) is 6.48. The third-order valence-corrected chi connectivity index (χ3v) is 3.14. The maximum absolute atomic E-state index is 5.80. The fourth-order valence-corrected chi connectivity index (χ4v) is 2.14. The van der Waals surface area contributed by atoms with Crippen molar-refractivity contribution >= 4 is 16.3 Å². The highest BCUT2D eigenvalue weighted by atomic mass is 32.1. The second-order valence-electron chi connectivity index (χ2n) is 3.51. The molecule has 0 spiro atoms. The molecule has 7 heteroatoms. The Kier molecular flexibility index (Phi) is 2.19. The molecule has 3 heterocycles. The Morgan fingerprint density at radius 1 is 1.47 bits per heavy atom. The van der Waals surface area contributed by atoms with Crippen LogP contribution in [0.4, 0.5) is 5.00 Å². The van der Waals surface area contributed by atoms with Crippen LogP contribution in [-0.4, -0.2) is 19.7 Å². The van der Waals surface area contributed by atoms with Gasteiger partial charge >= 0.3 is 0 Å². The first kappa shape index (κ1) is 10.0. The van der Waals surface area contributed by atoms with Crippen LogP contribution in [0.3, 0.4) is 0 Å². The number of hydrogen-bond donors (Lipinski definition) is 1. The van der Waals surface area contributed by atoms with Gasteiger partial charge in [-0.3, -0.25) is 0 Å². The van der Waals surface area contributed by atoms with Crippen molar-refractivity contribution in [3.8, 4) is 23.0 Å². The Morgan fingerprint density at radius 3 is 3.00 bits per heavy atom. The largest absolute Gasteiger partial charge is 0.390 e. The molecule has 0 aliphatic heterocycles. The highest BCUT2D eigenvalue weighted by Crippen LogP contribution is 2.30. The molecule has 6 nitrogen and oxygen atoms in total. The Morgan fingerprint density at radius 2 is 2.35 bits per heavy atom. The van der Waals surface area contributed by atoms with Gasteiger partial charge < -0.3 is 14.8 Å². The first-order chi connectivity index (χ1) is 8.25. The Hall–Kier alpha value is -2.15. The minimum atomic E-state index is 0.431. The monoisotopic (exact) mass is 247 g/mol. The minimum Gasteiger partial charge on any atom is -0.390 e. The lowest BCUT2D eigenvalue weighted by Gasteiger charge is -1.93. The van der Waals surface area contributed by atoms with Crippen LogP contribution in [0.15, 0.2) is 28.5 Å². The van der Waals surface area contributed by atoms with Gasteiger partial charge in [-0.05, 0) is 11.4 Å². The van der Waals surface area contributed by atoms with Crippen LogP contribution < -0.4 is 5.73 Å². The summed E-state index contributed by atoms with van der Waals surface area (Å²) in [6.07, 6.45) is 3.37. The maximum Gasteiger partial charge on any atom is 0.261 e. The molecule has 0 aliphatic rings. The van der Waals surface area contributed by atoms with E-state index in [0.717, 1.165) is 11.3 Å². The summed E-state index contributed by atoms with van der Waals surface area (Å²) in [4.78, 5) is 8.31. The third-order valence-electron chi connectivity index (χ3n) is 2.40. The highest BCUT2D eigenvalue weighted by molar-refractivity contribution is 7.14. The molecule has 0 atom stereocenters. The first-order valence-electron chi connectivity index (χ1n) is 4.89. The van der Waals surface area contributed by atoms with Crippen molar-refractivity contribution in [1.82, 2.24) is 19.7 Å². The molecule has 0 saturated carbocycles. The van der Waals surface area contributed by atoms with Crippen LogP contribution in [0, 0.1) is 0 Å². The summed E-state index contributed by atoms with van der Waals surface area (Å²) >= 11 is 1.44. The zero-order valence-electron chi connectivity index (χ0n) is 8.99. The second kappa shape index (κ2) is 3.70. The molecule has 3 aromatic heterocycles. The second-order valence-corrected chi connectivity index (χ2v) is 4.46. The van der Waals surface area contributed by atoms with Gasteiger partial charge in [-0.2, -0.15) is 4.98 Å². The molecule has 0 amide bonds. The average Bonchev–Trinajstić information content (AvgIpc) is 2.97. The van der Waals surface area contributed by atoms with Gasteiger partial charge in [-0.1, -0.05) is 5.16 Å². The number of anilines is 1.